The summed E-state index contributed by atoms with van der Waals surface area (Å²) in [6.07, 6.45) is 0.641. The topological polar surface area (TPSA) is 96.9 Å². The number of amidine groups is 1. The molecule has 0 spiro atoms. The van der Waals surface area contributed by atoms with Crippen molar-refractivity contribution in [3.8, 4) is 5.75 Å². The summed E-state index contributed by atoms with van der Waals surface area (Å²) in [5.74, 6) is 0.382. The van der Waals surface area contributed by atoms with Crippen LogP contribution in [0.25, 0.3) is 0 Å². The van der Waals surface area contributed by atoms with Gasteiger partial charge in [0.15, 0.2) is 5.84 Å². The molecule has 110 valence electrons. The van der Waals surface area contributed by atoms with Gasteiger partial charge >= 0.3 is 0 Å². The van der Waals surface area contributed by atoms with Gasteiger partial charge in [0, 0.05) is 6.54 Å². The van der Waals surface area contributed by atoms with Gasteiger partial charge in [0.1, 0.15) is 11.2 Å². The highest BCUT2D eigenvalue weighted by molar-refractivity contribution is 6.05. The maximum absolute atomic E-state index is 12.0. The van der Waals surface area contributed by atoms with Gasteiger partial charge in [-0.05, 0) is 31.9 Å². The molecule has 0 aromatic heterocycles. The van der Waals surface area contributed by atoms with E-state index in [0.29, 0.717) is 13.0 Å². The van der Waals surface area contributed by atoms with E-state index in [1.807, 2.05) is 24.3 Å². The number of rotatable bonds is 6. The molecule has 0 bridgehead atoms. The van der Waals surface area contributed by atoms with Gasteiger partial charge in [-0.1, -0.05) is 23.4 Å². The van der Waals surface area contributed by atoms with Gasteiger partial charge in [0.25, 0.3) is 0 Å². The fourth-order valence-electron chi connectivity index (χ4n) is 1.68. The number of oxime groups is 1. The van der Waals surface area contributed by atoms with Crippen LogP contribution in [-0.4, -0.2) is 30.6 Å². The molecule has 0 saturated heterocycles. The second-order valence-electron chi connectivity index (χ2n) is 4.93. The van der Waals surface area contributed by atoms with Crippen molar-refractivity contribution in [3.05, 3.63) is 29.8 Å². The first-order valence-corrected chi connectivity index (χ1v) is 6.31. The van der Waals surface area contributed by atoms with Crippen molar-refractivity contribution in [2.45, 2.75) is 20.3 Å². The maximum atomic E-state index is 12.0. The third-order valence-corrected chi connectivity index (χ3v) is 3.19. The molecule has 0 heterocycles. The number of methoxy groups -OCH3 is 1. The minimum Gasteiger partial charge on any atom is -0.496 e. The lowest BCUT2D eigenvalue weighted by Gasteiger charge is -2.21. The van der Waals surface area contributed by atoms with E-state index in [0.717, 1.165) is 11.3 Å². The monoisotopic (exact) mass is 279 g/mol. The lowest BCUT2D eigenvalue weighted by molar-refractivity contribution is -0.126. The molecule has 4 N–H and O–H groups in total. The Kier molecular flexibility index (Phi) is 5.37. The number of carbonyl (C=O) groups is 1. The van der Waals surface area contributed by atoms with Crippen LogP contribution in [-0.2, 0) is 11.2 Å². The molecule has 1 aromatic rings. The van der Waals surface area contributed by atoms with Gasteiger partial charge in [0.2, 0.25) is 5.91 Å². The number of amides is 1. The highest BCUT2D eigenvalue weighted by Gasteiger charge is 2.32. The lowest BCUT2D eigenvalue weighted by atomic mass is 9.91. The van der Waals surface area contributed by atoms with Gasteiger partial charge in [-0.2, -0.15) is 0 Å². The maximum Gasteiger partial charge on any atom is 0.233 e. The first-order chi connectivity index (χ1) is 9.43. The number of nitrogens with two attached hydrogens (primary N) is 1. The molecule has 1 amide bonds. The van der Waals surface area contributed by atoms with Crippen LogP contribution in [0.3, 0.4) is 0 Å². The number of nitrogens with zero attached hydrogens (tertiary/aromatic N) is 1. The molecular weight excluding hydrogens is 258 g/mol. The number of para-hydroxylation sites is 1. The highest BCUT2D eigenvalue weighted by Crippen LogP contribution is 2.18. The van der Waals surface area contributed by atoms with Gasteiger partial charge in [-0.25, -0.2) is 0 Å². The summed E-state index contributed by atoms with van der Waals surface area (Å²) < 4.78 is 5.24. The van der Waals surface area contributed by atoms with Crippen molar-refractivity contribution in [1.29, 1.82) is 0 Å². The molecule has 0 saturated carbocycles. The molecule has 6 heteroatoms. The third kappa shape index (κ3) is 3.63. The van der Waals surface area contributed by atoms with Crippen molar-refractivity contribution in [2.24, 2.45) is 16.3 Å². The lowest BCUT2D eigenvalue weighted by Crippen LogP contribution is -2.46. The molecule has 6 nitrogen and oxygen atoms in total. The highest BCUT2D eigenvalue weighted by atomic mass is 16.5. The van der Waals surface area contributed by atoms with Gasteiger partial charge < -0.3 is 21.0 Å². The first-order valence-electron chi connectivity index (χ1n) is 6.31. The molecule has 1 aromatic carbocycles. The quantitative estimate of drug-likeness (QED) is 0.315. The molecule has 0 unspecified atom stereocenters. The zero-order valence-electron chi connectivity index (χ0n) is 12.0. The number of hydrogen-bond acceptors (Lipinski definition) is 4. The van der Waals surface area contributed by atoms with E-state index < -0.39 is 5.41 Å². The number of nitrogens with one attached hydrogen (secondary N) is 1. The Balaban J connectivity index is 2.59. The number of ether oxygens (including phenoxy) is 1. The Hall–Kier alpha value is -2.24. The standard InChI is InChI=1S/C14H21N3O3/c1-14(2,12(15)17-19)13(18)16-9-8-10-6-4-5-7-11(10)20-3/h4-7,19H,8-9H2,1-3H3,(H2,15,17)(H,16,18). The van der Waals surface area contributed by atoms with E-state index >= 15 is 0 Å². The molecule has 1 rings (SSSR count). The zero-order valence-corrected chi connectivity index (χ0v) is 12.0. The summed E-state index contributed by atoms with van der Waals surface area (Å²) in [5, 5.41) is 14.3. The Bertz CT molecular complexity index is 498. The average Bonchev–Trinajstić information content (AvgIpc) is 2.46. The molecule has 0 aliphatic carbocycles. The zero-order chi connectivity index (χ0) is 15.2. The van der Waals surface area contributed by atoms with Crippen LogP contribution < -0.4 is 15.8 Å². The van der Waals surface area contributed by atoms with Crippen molar-refractivity contribution in [2.75, 3.05) is 13.7 Å². The van der Waals surface area contributed by atoms with E-state index in [1.165, 1.54) is 0 Å². The van der Waals surface area contributed by atoms with Crippen LogP contribution in [0.1, 0.15) is 19.4 Å². The average molecular weight is 279 g/mol. The number of benzene rings is 1. The van der Waals surface area contributed by atoms with Crippen LogP contribution in [0, 0.1) is 5.41 Å². The summed E-state index contributed by atoms with van der Waals surface area (Å²) >= 11 is 0. The van der Waals surface area contributed by atoms with Crippen molar-refractivity contribution in [3.63, 3.8) is 0 Å². The molecular formula is C14H21N3O3. The normalized spacial score (nSPS) is 12.1. The van der Waals surface area contributed by atoms with E-state index in [4.69, 9.17) is 15.7 Å². The van der Waals surface area contributed by atoms with Gasteiger partial charge in [0.05, 0.1) is 7.11 Å². The largest absolute Gasteiger partial charge is 0.496 e. The van der Waals surface area contributed by atoms with Crippen LogP contribution in [0.4, 0.5) is 0 Å². The molecule has 0 radical (unpaired) electrons. The molecule has 0 atom stereocenters. The fourth-order valence-corrected chi connectivity index (χ4v) is 1.68. The Morgan fingerprint density at radius 3 is 2.70 bits per heavy atom. The molecule has 20 heavy (non-hydrogen) atoms. The van der Waals surface area contributed by atoms with Crippen molar-refractivity contribution < 1.29 is 14.7 Å². The Morgan fingerprint density at radius 1 is 1.45 bits per heavy atom. The summed E-state index contributed by atoms with van der Waals surface area (Å²) in [5.41, 5.74) is 5.46. The smallest absolute Gasteiger partial charge is 0.233 e. The van der Waals surface area contributed by atoms with E-state index in [9.17, 15) is 4.79 Å². The Morgan fingerprint density at radius 2 is 2.10 bits per heavy atom. The molecule has 0 aliphatic heterocycles. The summed E-state index contributed by atoms with van der Waals surface area (Å²) in [7, 11) is 1.61. The minimum atomic E-state index is -1.05. The number of hydrogen-bond donors (Lipinski definition) is 3. The summed E-state index contributed by atoms with van der Waals surface area (Å²) in [4.78, 5) is 12.0. The predicted molar refractivity (Wildman–Crippen MR) is 76.9 cm³/mol. The fraction of sp³-hybridized carbons (Fsp3) is 0.429. The molecule has 0 aliphatic rings. The minimum absolute atomic E-state index is 0.118. The molecule has 0 fully saturated rings. The van der Waals surface area contributed by atoms with Gasteiger partial charge in [-0.15, -0.1) is 0 Å². The number of carbonyl (C=O) groups excluding carboxylic acids is 1. The first kappa shape index (κ1) is 15.8. The van der Waals surface area contributed by atoms with Crippen LogP contribution in [0.15, 0.2) is 29.4 Å². The van der Waals surface area contributed by atoms with Crippen LogP contribution >= 0.6 is 0 Å². The van der Waals surface area contributed by atoms with E-state index in [2.05, 4.69) is 10.5 Å². The summed E-state index contributed by atoms with van der Waals surface area (Å²) in [6.45, 7) is 3.64. The van der Waals surface area contributed by atoms with Gasteiger partial charge in [-0.3, -0.25) is 4.79 Å². The van der Waals surface area contributed by atoms with Crippen LogP contribution in [0.5, 0.6) is 5.75 Å². The Labute approximate surface area is 118 Å². The SMILES string of the molecule is COc1ccccc1CCNC(=O)C(C)(C)/C(N)=N/O. The predicted octanol–water partition coefficient (Wildman–Crippen LogP) is 1.13. The van der Waals surface area contributed by atoms with E-state index in [-0.39, 0.29) is 11.7 Å². The van der Waals surface area contributed by atoms with Crippen LogP contribution in [0.2, 0.25) is 0 Å². The second-order valence-corrected chi connectivity index (χ2v) is 4.93. The van der Waals surface area contributed by atoms with Crippen molar-refractivity contribution >= 4 is 11.7 Å². The van der Waals surface area contributed by atoms with E-state index in [1.54, 1.807) is 21.0 Å². The van der Waals surface area contributed by atoms with Crippen molar-refractivity contribution in [1.82, 2.24) is 5.32 Å². The summed E-state index contributed by atoms with van der Waals surface area (Å²) in [6, 6.07) is 7.62. The second kappa shape index (κ2) is 6.79. The third-order valence-electron chi connectivity index (χ3n) is 3.19.